The molecule has 0 bridgehead atoms. The van der Waals surface area contributed by atoms with Gasteiger partial charge in [-0.15, -0.1) is 0 Å². The Labute approximate surface area is 160 Å². The number of amides is 1. The molecule has 1 aromatic heterocycles. The van der Waals surface area contributed by atoms with Crippen molar-refractivity contribution < 1.29 is 22.6 Å². The van der Waals surface area contributed by atoms with Gasteiger partial charge in [-0.3, -0.25) is 14.9 Å². The van der Waals surface area contributed by atoms with E-state index in [1.165, 1.54) is 36.4 Å². The summed E-state index contributed by atoms with van der Waals surface area (Å²) in [4.78, 5) is 22.8. The molecule has 0 saturated carbocycles. The molecule has 0 spiro atoms. The minimum atomic E-state index is -3.16. The van der Waals surface area contributed by atoms with Crippen LogP contribution in [0.5, 0.6) is 0 Å². The number of rotatable bonds is 5. The molecule has 1 unspecified atom stereocenters. The number of para-hydroxylation sites is 1. The fourth-order valence-electron chi connectivity index (χ4n) is 2.88. The molecule has 1 atom stereocenters. The molecule has 1 amide bonds. The van der Waals surface area contributed by atoms with E-state index in [0.29, 0.717) is 6.42 Å². The summed E-state index contributed by atoms with van der Waals surface area (Å²) in [6, 6.07) is 10.2. The minimum Gasteiger partial charge on any atom is -0.456 e. The van der Waals surface area contributed by atoms with Crippen molar-refractivity contribution in [2.75, 3.05) is 11.5 Å². The lowest BCUT2D eigenvalue weighted by molar-refractivity contribution is -0.384. The maximum absolute atomic E-state index is 12.2. The molecule has 3 rings (SSSR count). The Morgan fingerprint density at radius 2 is 2.07 bits per heavy atom. The van der Waals surface area contributed by atoms with Crippen LogP contribution >= 0.6 is 0 Å². The van der Waals surface area contributed by atoms with Gasteiger partial charge in [-0.2, -0.15) is 5.26 Å². The largest absolute Gasteiger partial charge is 0.456 e. The van der Waals surface area contributed by atoms with Crippen LogP contribution < -0.4 is 5.32 Å². The van der Waals surface area contributed by atoms with E-state index in [9.17, 15) is 28.6 Å². The lowest BCUT2D eigenvalue weighted by atomic mass is 10.1. The van der Waals surface area contributed by atoms with Crippen LogP contribution in [0.3, 0.4) is 0 Å². The molecular weight excluding hydrogens is 386 g/mol. The van der Waals surface area contributed by atoms with Crippen LogP contribution in [0.25, 0.3) is 17.4 Å². The van der Waals surface area contributed by atoms with Crippen LogP contribution in [-0.4, -0.2) is 36.8 Å². The third kappa shape index (κ3) is 4.27. The van der Waals surface area contributed by atoms with Gasteiger partial charge in [0.05, 0.1) is 22.0 Å². The molecule has 28 heavy (non-hydrogen) atoms. The lowest BCUT2D eigenvalue weighted by Crippen LogP contribution is -2.36. The zero-order valence-corrected chi connectivity index (χ0v) is 15.3. The first-order chi connectivity index (χ1) is 13.3. The summed E-state index contributed by atoms with van der Waals surface area (Å²) in [6.07, 6.45) is 1.51. The van der Waals surface area contributed by atoms with Crippen molar-refractivity contribution in [2.24, 2.45) is 0 Å². The Hall–Kier alpha value is -3.45. The molecule has 2 aromatic rings. The van der Waals surface area contributed by atoms with Gasteiger partial charge in [-0.25, -0.2) is 8.42 Å². The Balaban J connectivity index is 1.80. The number of carbonyl (C=O) groups excluding carboxylic acids is 1. The molecule has 1 aliphatic rings. The number of hydrogen-bond donors (Lipinski definition) is 1. The van der Waals surface area contributed by atoms with Crippen molar-refractivity contribution in [3.63, 3.8) is 0 Å². The summed E-state index contributed by atoms with van der Waals surface area (Å²) >= 11 is 0. The first kappa shape index (κ1) is 19.3. The van der Waals surface area contributed by atoms with Crippen molar-refractivity contribution in [1.82, 2.24) is 5.32 Å². The zero-order valence-electron chi connectivity index (χ0n) is 14.5. The number of nitrogens with zero attached hydrogens (tertiary/aromatic N) is 2. The summed E-state index contributed by atoms with van der Waals surface area (Å²) in [7, 11) is -3.16. The number of nitrogens with one attached hydrogen (secondary N) is 1. The molecule has 2 heterocycles. The maximum Gasteiger partial charge on any atom is 0.280 e. The molecule has 9 nitrogen and oxygen atoms in total. The SMILES string of the molecule is N#C/C(=C\c1ccc(-c2ccccc2[N+](=O)[O-])o1)C(=O)NC1CCS(=O)(=O)C1. The van der Waals surface area contributed by atoms with Crippen molar-refractivity contribution in [2.45, 2.75) is 12.5 Å². The van der Waals surface area contributed by atoms with Crippen molar-refractivity contribution in [3.8, 4) is 17.4 Å². The second-order valence-electron chi connectivity index (χ2n) is 6.22. The van der Waals surface area contributed by atoms with E-state index in [4.69, 9.17) is 4.42 Å². The average Bonchev–Trinajstić information content (AvgIpc) is 3.25. The van der Waals surface area contributed by atoms with Gasteiger partial charge in [0.25, 0.3) is 11.6 Å². The van der Waals surface area contributed by atoms with Gasteiger partial charge in [0.1, 0.15) is 23.2 Å². The first-order valence-electron chi connectivity index (χ1n) is 8.26. The minimum absolute atomic E-state index is 0.000940. The summed E-state index contributed by atoms with van der Waals surface area (Å²) in [5, 5.41) is 22.9. The second-order valence-corrected chi connectivity index (χ2v) is 8.45. The number of nitriles is 1. The van der Waals surface area contributed by atoms with Crippen LogP contribution in [0.1, 0.15) is 12.2 Å². The standard InChI is InChI=1S/C18H15N3O6S/c19-10-12(18(22)20-13-7-8-28(25,26)11-13)9-14-5-6-17(27-14)15-3-1-2-4-16(15)21(23)24/h1-6,9,13H,7-8,11H2,(H,20,22)/b12-9+. The van der Waals surface area contributed by atoms with Gasteiger partial charge in [0, 0.05) is 18.2 Å². The van der Waals surface area contributed by atoms with Gasteiger partial charge in [-0.05, 0) is 24.6 Å². The van der Waals surface area contributed by atoms with Crippen LogP contribution in [0.4, 0.5) is 5.69 Å². The normalized spacial score (nSPS) is 18.4. The van der Waals surface area contributed by atoms with Gasteiger partial charge in [0.2, 0.25) is 0 Å². The van der Waals surface area contributed by atoms with E-state index < -0.39 is 26.7 Å². The fraction of sp³-hybridized carbons (Fsp3) is 0.222. The van der Waals surface area contributed by atoms with Crippen molar-refractivity contribution >= 4 is 27.5 Å². The molecule has 144 valence electrons. The van der Waals surface area contributed by atoms with E-state index in [1.807, 2.05) is 0 Å². The number of benzene rings is 1. The van der Waals surface area contributed by atoms with E-state index in [-0.39, 0.29) is 39.9 Å². The molecule has 1 fully saturated rings. The summed E-state index contributed by atoms with van der Waals surface area (Å²) in [5.74, 6) is -0.466. The lowest BCUT2D eigenvalue weighted by Gasteiger charge is -2.09. The Morgan fingerprint density at radius 3 is 2.71 bits per heavy atom. The Bertz CT molecular complexity index is 1110. The van der Waals surface area contributed by atoms with E-state index in [0.717, 1.165) is 0 Å². The van der Waals surface area contributed by atoms with Gasteiger partial charge in [-0.1, -0.05) is 12.1 Å². The number of furan rings is 1. The zero-order chi connectivity index (χ0) is 20.3. The highest BCUT2D eigenvalue weighted by Gasteiger charge is 2.29. The van der Waals surface area contributed by atoms with Crippen LogP contribution in [-0.2, 0) is 14.6 Å². The predicted octanol–water partition coefficient (Wildman–Crippen LogP) is 2.07. The van der Waals surface area contributed by atoms with E-state index in [2.05, 4.69) is 5.32 Å². The number of carbonyl (C=O) groups is 1. The number of hydrogen-bond acceptors (Lipinski definition) is 7. The van der Waals surface area contributed by atoms with E-state index in [1.54, 1.807) is 12.1 Å². The molecule has 10 heteroatoms. The Morgan fingerprint density at radius 1 is 1.32 bits per heavy atom. The van der Waals surface area contributed by atoms with E-state index >= 15 is 0 Å². The quantitative estimate of drug-likeness (QED) is 0.349. The van der Waals surface area contributed by atoms with Crippen LogP contribution in [0.15, 0.2) is 46.4 Å². The predicted molar refractivity (Wildman–Crippen MR) is 99.6 cm³/mol. The highest BCUT2D eigenvalue weighted by atomic mass is 32.2. The molecule has 1 aromatic carbocycles. The second kappa shape index (κ2) is 7.66. The third-order valence-electron chi connectivity index (χ3n) is 4.21. The average molecular weight is 401 g/mol. The smallest absolute Gasteiger partial charge is 0.280 e. The highest BCUT2D eigenvalue weighted by molar-refractivity contribution is 7.91. The molecule has 1 aliphatic heterocycles. The van der Waals surface area contributed by atoms with Crippen molar-refractivity contribution in [1.29, 1.82) is 5.26 Å². The van der Waals surface area contributed by atoms with Crippen molar-refractivity contribution in [3.05, 3.63) is 57.8 Å². The molecule has 1 saturated heterocycles. The summed E-state index contributed by atoms with van der Waals surface area (Å²) < 4.78 is 28.5. The van der Waals surface area contributed by atoms with Gasteiger partial charge < -0.3 is 9.73 Å². The topological polar surface area (TPSA) is 143 Å². The monoisotopic (exact) mass is 401 g/mol. The highest BCUT2D eigenvalue weighted by Crippen LogP contribution is 2.31. The number of nitro groups is 1. The summed E-state index contributed by atoms with van der Waals surface area (Å²) in [5.41, 5.74) is -0.118. The van der Waals surface area contributed by atoms with Crippen LogP contribution in [0.2, 0.25) is 0 Å². The first-order valence-corrected chi connectivity index (χ1v) is 10.1. The molecular formula is C18H15N3O6S. The number of sulfone groups is 1. The maximum atomic E-state index is 12.2. The molecule has 0 aliphatic carbocycles. The molecule has 0 radical (unpaired) electrons. The molecule has 1 N–H and O–H groups in total. The Kier molecular flexibility index (Phi) is 5.28. The van der Waals surface area contributed by atoms with Gasteiger partial charge in [0.15, 0.2) is 9.84 Å². The number of nitro benzene ring substituents is 1. The summed E-state index contributed by atoms with van der Waals surface area (Å²) in [6.45, 7) is 0. The fourth-order valence-corrected chi connectivity index (χ4v) is 4.55. The van der Waals surface area contributed by atoms with Crippen LogP contribution in [0, 0.1) is 21.4 Å². The van der Waals surface area contributed by atoms with Gasteiger partial charge >= 0.3 is 0 Å². The third-order valence-corrected chi connectivity index (χ3v) is 5.98.